The Labute approximate surface area is 105 Å². The SMILES string of the molecule is O=C(O)c1ccc(Br)cc1-n1cc(Cl)cn1. The summed E-state index contributed by atoms with van der Waals surface area (Å²) in [4.78, 5) is 11.0. The van der Waals surface area contributed by atoms with Crippen LogP contribution in [0.5, 0.6) is 0 Å². The van der Waals surface area contributed by atoms with E-state index in [-0.39, 0.29) is 5.56 Å². The normalized spacial score (nSPS) is 10.4. The molecule has 16 heavy (non-hydrogen) atoms. The molecule has 0 radical (unpaired) electrons. The second-order valence-corrected chi connectivity index (χ2v) is 4.42. The van der Waals surface area contributed by atoms with Gasteiger partial charge in [-0.1, -0.05) is 27.5 Å². The molecule has 0 aliphatic heterocycles. The van der Waals surface area contributed by atoms with E-state index in [0.29, 0.717) is 10.7 Å². The molecule has 0 amide bonds. The number of carbonyl (C=O) groups is 1. The topological polar surface area (TPSA) is 55.1 Å². The van der Waals surface area contributed by atoms with Gasteiger partial charge >= 0.3 is 5.97 Å². The van der Waals surface area contributed by atoms with Gasteiger partial charge in [0.1, 0.15) is 0 Å². The summed E-state index contributed by atoms with van der Waals surface area (Å²) in [6.07, 6.45) is 3.00. The zero-order chi connectivity index (χ0) is 11.7. The Balaban J connectivity index is 2.62. The van der Waals surface area contributed by atoms with Gasteiger partial charge in [-0.2, -0.15) is 5.10 Å². The molecule has 2 aromatic rings. The van der Waals surface area contributed by atoms with E-state index in [1.54, 1.807) is 18.3 Å². The Kier molecular flexibility index (Phi) is 2.98. The van der Waals surface area contributed by atoms with Crippen LogP contribution >= 0.6 is 27.5 Å². The summed E-state index contributed by atoms with van der Waals surface area (Å²) < 4.78 is 2.20. The molecule has 0 saturated carbocycles. The van der Waals surface area contributed by atoms with Crippen molar-refractivity contribution in [2.45, 2.75) is 0 Å². The van der Waals surface area contributed by atoms with Gasteiger partial charge in [-0.25, -0.2) is 9.48 Å². The summed E-state index contributed by atoms with van der Waals surface area (Å²) in [5.41, 5.74) is 0.636. The zero-order valence-electron chi connectivity index (χ0n) is 7.89. The highest BCUT2D eigenvalue weighted by Crippen LogP contribution is 2.21. The van der Waals surface area contributed by atoms with Crippen molar-refractivity contribution < 1.29 is 9.90 Å². The molecular weight excluding hydrogens is 295 g/mol. The van der Waals surface area contributed by atoms with Gasteiger partial charge in [0, 0.05) is 10.7 Å². The maximum atomic E-state index is 11.0. The van der Waals surface area contributed by atoms with Gasteiger partial charge in [-0.3, -0.25) is 0 Å². The maximum absolute atomic E-state index is 11.0. The minimum Gasteiger partial charge on any atom is -0.478 e. The van der Waals surface area contributed by atoms with E-state index in [1.807, 2.05) is 0 Å². The van der Waals surface area contributed by atoms with Crippen LogP contribution in [0.25, 0.3) is 5.69 Å². The lowest BCUT2D eigenvalue weighted by Crippen LogP contribution is -2.05. The van der Waals surface area contributed by atoms with E-state index in [1.165, 1.54) is 16.9 Å². The molecule has 0 spiro atoms. The van der Waals surface area contributed by atoms with E-state index in [9.17, 15) is 4.79 Å². The molecule has 6 heteroatoms. The molecule has 1 aromatic heterocycles. The molecule has 0 bridgehead atoms. The number of hydrogen-bond donors (Lipinski definition) is 1. The molecule has 0 aliphatic carbocycles. The van der Waals surface area contributed by atoms with Crippen LogP contribution in [0.1, 0.15) is 10.4 Å². The number of aromatic carboxylic acids is 1. The minimum absolute atomic E-state index is 0.169. The predicted octanol–water partition coefficient (Wildman–Crippen LogP) is 2.99. The third-order valence-corrected chi connectivity index (χ3v) is 2.68. The van der Waals surface area contributed by atoms with Crippen LogP contribution < -0.4 is 0 Å². The highest BCUT2D eigenvalue weighted by molar-refractivity contribution is 9.10. The van der Waals surface area contributed by atoms with E-state index in [4.69, 9.17) is 16.7 Å². The number of halogens is 2. The van der Waals surface area contributed by atoms with E-state index < -0.39 is 5.97 Å². The molecule has 0 fully saturated rings. The van der Waals surface area contributed by atoms with Crippen LogP contribution in [0.4, 0.5) is 0 Å². The van der Waals surface area contributed by atoms with Crippen molar-refractivity contribution >= 4 is 33.5 Å². The van der Waals surface area contributed by atoms with Gasteiger partial charge in [0.05, 0.1) is 22.5 Å². The van der Waals surface area contributed by atoms with Gasteiger partial charge in [-0.05, 0) is 18.2 Å². The van der Waals surface area contributed by atoms with Crippen molar-refractivity contribution in [1.82, 2.24) is 9.78 Å². The molecule has 1 aromatic carbocycles. The molecule has 0 saturated heterocycles. The second-order valence-electron chi connectivity index (χ2n) is 3.07. The Hall–Kier alpha value is -1.33. The number of nitrogens with zero attached hydrogens (tertiary/aromatic N) is 2. The van der Waals surface area contributed by atoms with Gasteiger partial charge in [0.25, 0.3) is 0 Å². The van der Waals surface area contributed by atoms with Crippen LogP contribution in [0.15, 0.2) is 35.1 Å². The molecule has 2 rings (SSSR count). The summed E-state index contributed by atoms with van der Waals surface area (Å²) in [5.74, 6) is -1.01. The van der Waals surface area contributed by atoms with Crippen LogP contribution in [-0.4, -0.2) is 20.9 Å². The third-order valence-electron chi connectivity index (χ3n) is 1.99. The number of carboxylic acid groups (broad SMARTS) is 1. The Bertz CT molecular complexity index is 554. The highest BCUT2D eigenvalue weighted by atomic mass is 79.9. The molecular formula is C10H6BrClN2O2. The number of carboxylic acids is 1. The fourth-order valence-electron chi connectivity index (χ4n) is 1.31. The standard InChI is InChI=1S/C10H6BrClN2O2/c11-6-1-2-8(10(15)16)9(3-6)14-5-7(12)4-13-14/h1-5H,(H,15,16). The molecule has 1 N–H and O–H groups in total. The average Bonchev–Trinajstić information content (AvgIpc) is 2.64. The largest absolute Gasteiger partial charge is 0.478 e. The molecule has 0 atom stereocenters. The van der Waals surface area contributed by atoms with E-state index >= 15 is 0 Å². The fraction of sp³-hybridized carbons (Fsp3) is 0. The van der Waals surface area contributed by atoms with E-state index in [0.717, 1.165) is 4.47 Å². The first kappa shape index (κ1) is 11.2. The average molecular weight is 302 g/mol. The van der Waals surface area contributed by atoms with Crippen molar-refractivity contribution in [3.63, 3.8) is 0 Å². The maximum Gasteiger partial charge on any atom is 0.337 e. The van der Waals surface area contributed by atoms with Gasteiger partial charge in [0.15, 0.2) is 0 Å². The van der Waals surface area contributed by atoms with Crippen LogP contribution in [0, 0.1) is 0 Å². The lowest BCUT2D eigenvalue weighted by atomic mass is 10.2. The second kappa shape index (κ2) is 4.27. The Morgan fingerprint density at radius 3 is 2.81 bits per heavy atom. The first-order valence-electron chi connectivity index (χ1n) is 4.31. The summed E-state index contributed by atoms with van der Waals surface area (Å²) in [7, 11) is 0. The zero-order valence-corrected chi connectivity index (χ0v) is 10.2. The van der Waals surface area contributed by atoms with Crippen molar-refractivity contribution in [3.05, 3.63) is 45.7 Å². The molecule has 4 nitrogen and oxygen atoms in total. The molecule has 0 unspecified atom stereocenters. The first-order valence-corrected chi connectivity index (χ1v) is 5.48. The summed E-state index contributed by atoms with van der Waals surface area (Å²) in [6, 6.07) is 4.85. The van der Waals surface area contributed by atoms with Crippen molar-refractivity contribution in [2.24, 2.45) is 0 Å². The Morgan fingerprint density at radius 2 is 2.25 bits per heavy atom. The monoisotopic (exact) mass is 300 g/mol. The van der Waals surface area contributed by atoms with E-state index in [2.05, 4.69) is 21.0 Å². The fourth-order valence-corrected chi connectivity index (χ4v) is 1.79. The molecule has 0 aliphatic rings. The molecule has 82 valence electrons. The number of hydrogen-bond acceptors (Lipinski definition) is 2. The predicted molar refractivity (Wildman–Crippen MR) is 63.2 cm³/mol. The highest BCUT2D eigenvalue weighted by Gasteiger charge is 2.12. The smallest absolute Gasteiger partial charge is 0.337 e. The third kappa shape index (κ3) is 2.10. The number of aromatic nitrogens is 2. The lowest BCUT2D eigenvalue weighted by molar-refractivity contribution is 0.0696. The Morgan fingerprint density at radius 1 is 1.50 bits per heavy atom. The van der Waals surface area contributed by atoms with Crippen LogP contribution in [0.2, 0.25) is 5.02 Å². The minimum atomic E-state index is -1.01. The van der Waals surface area contributed by atoms with Crippen LogP contribution in [0.3, 0.4) is 0 Å². The quantitative estimate of drug-likeness (QED) is 0.927. The van der Waals surface area contributed by atoms with Gasteiger partial charge < -0.3 is 5.11 Å². The van der Waals surface area contributed by atoms with Gasteiger partial charge in [0.2, 0.25) is 0 Å². The number of rotatable bonds is 2. The summed E-state index contributed by atoms with van der Waals surface area (Å²) in [5, 5.41) is 13.5. The van der Waals surface area contributed by atoms with Crippen molar-refractivity contribution in [2.75, 3.05) is 0 Å². The van der Waals surface area contributed by atoms with Crippen molar-refractivity contribution in [3.8, 4) is 5.69 Å². The summed E-state index contributed by atoms with van der Waals surface area (Å²) in [6.45, 7) is 0. The lowest BCUT2D eigenvalue weighted by Gasteiger charge is -2.06. The summed E-state index contributed by atoms with van der Waals surface area (Å²) >= 11 is 9.02. The number of benzene rings is 1. The molecule has 1 heterocycles. The first-order chi connectivity index (χ1) is 7.58. The van der Waals surface area contributed by atoms with Crippen molar-refractivity contribution in [1.29, 1.82) is 0 Å². The van der Waals surface area contributed by atoms with Gasteiger partial charge in [-0.15, -0.1) is 0 Å². The van der Waals surface area contributed by atoms with Crippen LogP contribution in [-0.2, 0) is 0 Å².